The molecule has 1 saturated heterocycles. The lowest BCUT2D eigenvalue weighted by molar-refractivity contribution is -0.127. The Hall–Kier alpha value is -3.16. The number of nitrogens with one attached hydrogen (secondary N) is 1. The molecule has 2 heterocycles. The second-order valence-electron chi connectivity index (χ2n) is 7.83. The molecule has 2 N–H and O–H groups in total. The minimum Gasteiger partial charge on any atom is -0.378 e. The van der Waals surface area contributed by atoms with Gasteiger partial charge in [-0.2, -0.15) is 0 Å². The second kappa shape index (κ2) is 9.54. The average molecular weight is 454 g/mol. The molecule has 1 aliphatic heterocycles. The number of aryl methyl sites for hydroxylation is 1. The van der Waals surface area contributed by atoms with E-state index in [1.807, 2.05) is 4.90 Å². The van der Waals surface area contributed by atoms with Crippen molar-refractivity contribution < 1.29 is 14.7 Å². The molecular formula is C24H24ClN3O4. The van der Waals surface area contributed by atoms with Gasteiger partial charge in [-0.1, -0.05) is 35.9 Å². The van der Waals surface area contributed by atoms with Crippen LogP contribution in [0.1, 0.15) is 30.9 Å². The van der Waals surface area contributed by atoms with Crippen LogP contribution in [0, 0.1) is 0 Å². The van der Waals surface area contributed by atoms with Gasteiger partial charge in [-0.25, -0.2) is 0 Å². The minimum atomic E-state index is -1.44. The van der Waals surface area contributed by atoms with Crippen molar-refractivity contribution in [3.8, 4) is 0 Å². The maximum atomic E-state index is 13.0. The quantitative estimate of drug-likeness (QED) is 0.574. The minimum absolute atomic E-state index is 0.169. The van der Waals surface area contributed by atoms with Crippen molar-refractivity contribution in [2.75, 3.05) is 18.4 Å². The fourth-order valence-corrected chi connectivity index (χ4v) is 4.25. The molecule has 4 rings (SSSR count). The van der Waals surface area contributed by atoms with Crippen LogP contribution >= 0.6 is 11.6 Å². The summed E-state index contributed by atoms with van der Waals surface area (Å²) in [5.41, 5.74) is 0.578. The van der Waals surface area contributed by atoms with Crippen molar-refractivity contribution in [1.29, 1.82) is 0 Å². The number of nitrogens with zero attached hydrogens (tertiary/aromatic N) is 2. The van der Waals surface area contributed by atoms with Gasteiger partial charge >= 0.3 is 0 Å². The molecule has 1 aliphatic rings. The van der Waals surface area contributed by atoms with Crippen LogP contribution in [-0.4, -0.2) is 39.5 Å². The predicted molar refractivity (Wildman–Crippen MR) is 124 cm³/mol. The smallest absolute Gasteiger partial charge is 0.258 e. The van der Waals surface area contributed by atoms with E-state index in [9.17, 15) is 19.5 Å². The highest BCUT2D eigenvalue weighted by molar-refractivity contribution is 6.31. The molecule has 0 radical (unpaired) electrons. The number of aliphatic hydroxyl groups excluding tert-OH is 1. The summed E-state index contributed by atoms with van der Waals surface area (Å²) in [6.07, 6.45) is 2.45. The molecule has 8 heteroatoms. The van der Waals surface area contributed by atoms with E-state index in [-0.39, 0.29) is 11.5 Å². The highest BCUT2D eigenvalue weighted by Gasteiger charge is 2.21. The van der Waals surface area contributed by atoms with E-state index in [0.717, 1.165) is 13.0 Å². The fourth-order valence-electron chi connectivity index (χ4n) is 4.01. The zero-order valence-corrected chi connectivity index (χ0v) is 18.2. The molecule has 0 saturated carbocycles. The molecule has 3 aromatic rings. The molecule has 166 valence electrons. The van der Waals surface area contributed by atoms with Crippen LogP contribution in [-0.2, 0) is 16.1 Å². The van der Waals surface area contributed by atoms with Crippen LogP contribution in [0.25, 0.3) is 10.8 Å². The lowest BCUT2D eigenvalue weighted by Crippen LogP contribution is -2.28. The molecule has 1 aromatic heterocycles. The molecular weight excluding hydrogens is 430 g/mol. The van der Waals surface area contributed by atoms with Crippen LogP contribution in [0.15, 0.2) is 59.5 Å². The Kier molecular flexibility index (Phi) is 6.58. The van der Waals surface area contributed by atoms with E-state index in [1.54, 1.807) is 59.3 Å². The Morgan fingerprint density at radius 1 is 1.06 bits per heavy atom. The third kappa shape index (κ3) is 4.54. The standard InChI is InChI=1S/C24H24ClN3O4/c25-19-8-2-1-6-18(19)22(30)23(31)26-20-9-3-7-17-16(20)11-15-28(24(17)32)14-5-13-27-12-4-10-21(27)29/h1-3,6-9,11,15,22,30H,4-5,10,12-14H2,(H,26,31). The van der Waals surface area contributed by atoms with Crippen LogP contribution in [0.2, 0.25) is 5.02 Å². The van der Waals surface area contributed by atoms with Gasteiger partial charge in [0.25, 0.3) is 11.5 Å². The number of anilines is 1. The SMILES string of the molecule is O=C(Nc1cccc2c(=O)n(CCCN3CCCC3=O)ccc12)C(O)c1ccccc1Cl. The molecule has 0 bridgehead atoms. The summed E-state index contributed by atoms with van der Waals surface area (Å²) in [4.78, 5) is 39.2. The largest absolute Gasteiger partial charge is 0.378 e. The molecule has 7 nitrogen and oxygen atoms in total. The van der Waals surface area contributed by atoms with Crippen molar-refractivity contribution in [2.24, 2.45) is 0 Å². The molecule has 1 unspecified atom stereocenters. The van der Waals surface area contributed by atoms with Gasteiger partial charge in [-0.3, -0.25) is 14.4 Å². The zero-order valence-electron chi connectivity index (χ0n) is 17.5. The van der Waals surface area contributed by atoms with Crippen molar-refractivity contribution in [2.45, 2.75) is 31.9 Å². The molecule has 2 amide bonds. The summed E-state index contributed by atoms with van der Waals surface area (Å²) >= 11 is 6.08. The Bertz CT molecular complexity index is 1220. The molecule has 32 heavy (non-hydrogen) atoms. The number of hydrogen-bond donors (Lipinski definition) is 2. The van der Waals surface area contributed by atoms with Crippen LogP contribution < -0.4 is 10.9 Å². The van der Waals surface area contributed by atoms with Crippen molar-refractivity contribution in [3.05, 3.63) is 75.7 Å². The maximum Gasteiger partial charge on any atom is 0.258 e. The number of pyridine rings is 1. The van der Waals surface area contributed by atoms with E-state index < -0.39 is 12.0 Å². The number of rotatable bonds is 7. The molecule has 1 atom stereocenters. The van der Waals surface area contributed by atoms with Crippen molar-refractivity contribution in [1.82, 2.24) is 9.47 Å². The first-order valence-corrected chi connectivity index (χ1v) is 11.0. The number of amides is 2. The summed E-state index contributed by atoms with van der Waals surface area (Å²) in [5.74, 6) is -0.458. The molecule has 0 aliphatic carbocycles. The van der Waals surface area contributed by atoms with Crippen LogP contribution in [0.5, 0.6) is 0 Å². The summed E-state index contributed by atoms with van der Waals surface area (Å²) in [5, 5.41) is 14.5. The normalized spacial score (nSPS) is 14.7. The van der Waals surface area contributed by atoms with Crippen LogP contribution in [0.3, 0.4) is 0 Å². The second-order valence-corrected chi connectivity index (χ2v) is 8.24. The monoisotopic (exact) mass is 453 g/mol. The Morgan fingerprint density at radius 2 is 1.88 bits per heavy atom. The van der Waals surface area contributed by atoms with E-state index >= 15 is 0 Å². The zero-order chi connectivity index (χ0) is 22.7. The first kappa shape index (κ1) is 22.0. The van der Waals surface area contributed by atoms with Gasteiger partial charge < -0.3 is 19.9 Å². The Balaban J connectivity index is 1.50. The van der Waals surface area contributed by atoms with Gasteiger partial charge in [-0.15, -0.1) is 0 Å². The highest BCUT2D eigenvalue weighted by Crippen LogP contribution is 2.26. The lowest BCUT2D eigenvalue weighted by atomic mass is 10.1. The number of aromatic nitrogens is 1. The fraction of sp³-hybridized carbons (Fsp3) is 0.292. The van der Waals surface area contributed by atoms with E-state index in [2.05, 4.69) is 5.32 Å². The number of carbonyl (C=O) groups is 2. The molecule has 1 fully saturated rings. The Morgan fingerprint density at radius 3 is 2.62 bits per heavy atom. The summed E-state index contributed by atoms with van der Waals surface area (Å²) in [6.45, 7) is 1.92. The van der Waals surface area contributed by atoms with E-state index in [1.165, 1.54) is 0 Å². The highest BCUT2D eigenvalue weighted by atomic mass is 35.5. The maximum absolute atomic E-state index is 13.0. The number of aliphatic hydroxyl groups is 1. The number of benzene rings is 2. The van der Waals surface area contributed by atoms with Gasteiger partial charge in [-0.05, 0) is 37.1 Å². The third-order valence-corrected chi connectivity index (χ3v) is 6.07. The van der Waals surface area contributed by atoms with E-state index in [0.29, 0.717) is 53.0 Å². The summed E-state index contributed by atoms with van der Waals surface area (Å²) < 4.78 is 1.62. The predicted octanol–water partition coefficient (Wildman–Crippen LogP) is 3.34. The number of likely N-dealkylation sites (tertiary alicyclic amines) is 1. The van der Waals surface area contributed by atoms with Gasteiger partial charge in [0.05, 0.1) is 0 Å². The summed E-state index contributed by atoms with van der Waals surface area (Å²) in [7, 11) is 0. The topological polar surface area (TPSA) is 91.6 Å². The third-order valence-electron chi connectivity index (χ3n) is 5.72. The molecule has 2 aromatic carbocycles. The first-order valence-electron chi connectivity index (χ1n) is 10.6. The van der Waals surface area contributed by atoms with Crippen molar-refractivity contribution >= 4 is 39.9 Å². The lowest BCUT2D eigenvalue weighted by Gasteiger charge is -2.16. The van der Waals surface area contributed by atoms with Gasteiger partial charge in [0.2, 0.25) is 5.91 Å². The summed E-state index contributed by atoms with van der Waals surface area (Å²) in [6, 6.07) is 13.5. The number of carbonyl (C=O) groups excluding carboxylic acids is 2. The van der Waals surface area contributed by atoms with Gasteiger partial charge in [0.1, 0.15) is 0 Å². The number of halogens is 1. The van der Waals surface area contributed by atoms with E-state index in [4.69, 9.17) is 11.6 Å². The van der Waals surface area contributed by atoms with Gasteiger partial charge in [0, 0.05) is 59.3 Å². The first-order chi connectivity index (χ1) is 15.5. The Labute approximate surface area is 190 Å². The van der Waals surface area contributed by atoms with Crippen LogP contribution in [0.4, 0.5) is 5.69 Å². The number of hydrogen-bond acceptors (Lipinski definition) is 4. The van der Waals surface area contributed by atoms with Crippen molar-refractivity contribution in [3.63, 3.8) is 0 Å². The average Bonchev–Trinajstić information content (AvgIpc) is 3.20. The van der Waals surface area contributed by atoms with Gasteiger partial charge in [0.15, 0.2) is 6.10 Å². The number of fused-ring (bicyclic) bond motifs is 1. The molecule has 0 spiro atoms.